The van der Waals surface area contributed by atoms with E-state index in [1.807, 2.05) is 0 Å². The summed E-state index contributed by atoms with van der Waals surface area (Å²) in [6.45, 7) is 6.61. The van der Waals surface area contributed by atoms with Crippen molar-refractivity contribution in [3.05, 3.63) is 23.8 Å². The van der Waals surface area contributed by atoms with Gasteiger partial charge in [0.15, 0.2) is 0 Å². The maximum absolute atomic E-state index is 5.90. The van der Waals surface area contributed by atoms with Crippen molar-refractivity contribution in [1.82, 2.24) is 0 Å². The Labute approximate surface area is 73.9 Å². The molecule has 1 rings (SSSR count). The molecule has 2 unspecified atom stereocenters. The van der Waals surface area contributed by atoms with E-state index in [1.54, 1.807) is 0 Å². The Bertz CT molecular complexity index is 203. The van der Waals surface area contributed by atoms with Gasteiger partial charge in [0.1, 0.15) is 0 Å². The molecule has 0 N–H and O–H groups in total. The van der Waals surface area contributed by atoms with Gasteiger partial charge in [0.25, 0.3) is 0 Å². The zero-order chi connectivity index (χ0) is 8.48. The van der Waals surface area contributed by atoms with E-state index in [0.29, 0.717) is 11.8 Å². The first kappa shape index (κ1) is 8.86. The van der Waals surface area contributed by atoms with Gasteiger partial charge in [-0.05, 0) is 12.8 Å². The maximum atomic E-state index is 5.90. The molecule has 0 nitrogen and oxygen atoms in total. The molecule has 0 aromatic carbocycles. The van der Waals surface area contributed by atoms with Gasteiger partial charge >= 0.3 is 0 Å². The minimum absolute atomic E-state index is 0.167. The van der Waals surface area contributed by atoms with Crippen LogP contribution in [0.25, 0.3) is 0 Å². The topological polar surface area (TPSA) is 0 Å². The summed E-state index contributed by atoms with van der Waals surface area (Å²) in [5, 5.41) is 0. The minimum atomic E-state index is 0.167. The minimum Gasteiger partial charge on any atom is -0.126 e. The third-order valence-electron chi connectivity index (χ3n) is 2.80. The second-order valence-corrected chi connectivity index (χ2v) is 3.90. The Morgan fingerprint density at radius 2 is 2.27 bits per heavy atom. The lowest BCUT2D eigenvalue weighted by Gasteiger charge is -2.33. The molecule has 0 saturated carbocycles. The van der Waals surface area contributed by atoms with Gasteiger partial charge in [-0.15, -0.1) is 11.6 Å². The number of rotatable bonds is 1. The summed E-state index contributed by atoms with van der Waals surface area (Å²) in [5.74, 6) is 1.28. The molecular weight excluding hydrogens is 156 g/mol. The quantitative estimate of drug-likeness (QED) is 0.530. The average Bonchev–Trinajstić information content (AvgIpc) is 2.00. The van der Waals surface area contributed by atoms with E-state index >= 15 is 0 Å². The van der Waals surface area contributed by atoms with Crippen molar-refractivity contribution in [3.63, 3.8) is 0 Å². The molecule has 0 amide bonds. The molecule has 0 spiro atoms. The average molecular weight is 171 g/mol. The zero-order valence-electron chi connectivity index (χ0n) is 7.39. The molecular formula is C10H15Cl. The van der Waals surface area contributed by atoms with Crippen molar-refractivity contribution in [1.29, 1.82) is 0 Å². The standard InChI is InChI=1S/C10H15Cl/c1-8-5-4-6-10(3,7-11)9(8)2/h4-6,9H,7H2,1-3H3. The van der Waals surface area contributed by atoms with E-state index in [1.165, 1.54) is 5.57 Å². The molecule has 1 heteroatoms. The van der Waals surface area contributed by atoms with Crippen LogP contribution in [0.1, 0.15) is 20.8 Å². The molecule has 1 aliphatic rings. The van der Waals surface area contributed by atoms with Gasteiger partial charge in [0, 0.05) is 11.3 Å². The van der Waals surface area contributed by atoms with Crippen molar-refractivity contribution in [3.8, 4) is 0 Å². The summed E-state index contributed by atoms with van der Waals surface area (Å²) in [5.41, 5.74) is 1.59. The highest BCUT2D eigenvalue weighted by Gasteiger charge is 2.29. The Balaban J connectivity index is 2.88. The fraction of sp³-hybridized carbons (Fsp3) is 0.600. The molecule has 0 fully saturated rings. The smallest absolute Gasteiger partial charge is 0.0317 e. The first-order valence-electron chi connectivity index (χ1n) is 4.02. The molecule has 0 aromatic rings. The number of allylic oxidation sites excluding steroid dienone is 4. The molecule has 0 heterocycles. The summed E-state index contributed by atoms with van der Waals surface area (Å²) in [6.07, 6.45) is 6.48. The maximum Gasteiger partial charge on any atom is 0.0317 e. The predicted molar refractivity (Wildman–Crippen MR) is 50.9 cm³/mol. The van der Waals surface area contributed by atoms with Crippen LogP contribution in [0.3, 0.4) is 0 Å². The molecule has 62 valence electrons. The second-order valence-electron chi connectivity index (χ2n) is 3.63. The van der Waals surface area contributed by atoms with Gasteiger partial charge in [0.05, 0.1) is 0 Å². The van der Waals surface area contributed by atoms with Crippen molar-refractivity contribution >= 4 is 11.6 Å². The van der Waals surface area contributed by atoms with E-state index in [-0.39, 0.29) is 5.41 Å². The predicted octanol–water partition coefficient (Wildman–Crippen LogP) is 3.38. The van der Waals surface area contributed by atoms with Gasteiger partial charge < -0.3 is 0 Å². The van der Waals surface area contributed by atoms with E-state index in [0.717, 1.165) is 0 Å². The van der Waals surface area contributed by atoms with E-state index in [4.69, 9.17) is 11.6 Å². The van der Waals surface area contributed by atoms with Crippen LogP contribution in [0.4, 0.5) is 0 Å². The van der Waals surface area contributed by atoms with Crippen molar-refractivity contribution in [2.45, 2.75) is 20.8 Å². The summed E-state index contributed by atoms with van der Waals surface area (Å²) < 4.78 is 0. The first-order valence-corrected chi connectivity index (χ1v) is 4.55. The molecule has 2 atom stereocenters. The fourth-order valence-corrected chi connectivity index (χ4v) is 1.71. The summed E-state index contributed by atoms with van der Waals surface area (Å²) in [6, 6.07) is 0. The highest BCUT2D eigenvalue weighted by atomic mass is 35.5. The summed E-state index contributed by atoms with van der Waals surface area (Å²) in [4.78, 5) is 0. The Morgan fingerprint density at radius 1 is 1.64 bits per heavy atom. The molecule has 11 heavy (non-hydrogen) atoms. The fourth-order valence-electron chi connectivity index (χ4n) is 1.39. The molecule has 0 aliphatic heterocycles. The second kappa shape index (κ2) is 3.02. The summed E-state index contributed by atoms with van der Waals surface area (Å²) in [7, 11) is 0. The van der Waals surface area contributed by atoms with Crippen molar-refractivity contribution < 1.29 is 0 Å². The lowest BCUT2D eigenvalue weighted by Crippen LogP contribution is -2.27. The largest absolute Gasteiger partial charge is 0.126 e. The highest BCUT2D eigenvalue weighted by Crippen LogP contribution is 2.37. The Kier molecular flexibility index (Phi) is 2.43. The summed E-state index contributed by atoms with van der Waals surface area (Å²) >= 11 is 5.90. The SMILES string of the molecule is CC1=CC=CC(C)(CCl)C1C. The number of hydrogen-bond donors (Lipinski definition) is 0. The van der Waals surface area contributed by atoms with E-state index < -0.39 is 0 Å². The number of alkyl halides is 1. The van der Waals surface area contributed by atoms with Crippen molar-refractivity contribution in [2.75, 3.05) is 5.88 Å². The molecule has 1 aliphatic carbocycles. The Morgan fingerprint density at radius 3 is 2.73 bits per heavy atom. The van der Waals surface area contributed by atoms with Gasteiger partial charge in [-0.1, -0.05) is 37.6 Å². The van der Waals surface area contributed by atoms with Crippen LogP contribution < -0.4 is 0 Å². The van der Waals surface area contributed by atoms with Gasteiger partial charge in [-0.25, -0.2) is 0 Å². The van der Waals surface area contributed by atoms with Crippen LogP contribution in [0.5, 0.6) is 0 Å². The number of hydrogen-bond acceptors (Lipinski definition) is 0. The van der Waals surface area contributed by atoms with Gasteiger partial charge in [0.2, 0.25) is 0 Å². The number of halogens is 1. The first-order chi connectivity index (χ1) is 5.10. The molecule has 0 radical (unpaired) electrons. The molecule has 0 bridgehead atoms. The lowest BCUT2D eigenvalue weighted by atomic mass is 9.73. The highest BCUT2D eigenvalue weighted by molar-refractivity contribution is 6.18. The normalized spacial score (nSPS) is 37.1. The molecule has 0 aromatic heterocycles. The Hall–Kier alpha value is -0.230. The third-order valence-corrected chi connectivity index (χ3v) is 3.37. The van der Waals surface area contributed by atoms with Crippen LogP contribution >= 0.6 is 11.6 Å². The molecule has 0 saturated heterocycles. The van der Waals surface area contributed by atoms with Crippen LogP contribution in [0.15, 0.2) is 23.8 Å². The van der Waals surface area contributed by atoms with Crippen LogP contribution in [0.2, 0.25) is 0 Å². The monoisotopic (exact) mass is 170 g/mol. The zero-order valence-corrected chi connectivity index (χ0v) is 8.15. The third kappa shape index (κ3) is 1.51. The van der Waals surface area contributed by atoms with Crippen LogP contribution in [-0.2, 0) is 0 Å². The lowest BCUT2D eigenvalue weighted by molar-refractivity contribution is 0.353. The van der Waals surface area contributed by atoms with Crippen LogP contribution in [-0.4, -0.2) is 5.88 Å². The van der Waals surface area contributed by atoms with Crippen LogP contribution in [0, 0.1) is 11.3 Å². The van der Waals surface area contributed by atoms with Crippen molar-refractivity contribution in [2.24, 2.45) is 11.3 Å². The van der Waals surface area contributed by atoms with E-state index in [9.17, 15) is 0 Å². The van der Waals surface area contributed by atoms with Gasteiger partial charge in [-0.2, -0.15) is 0 Å². The van der Waals surface area contributed by atoms with E-state index in [2.05, 4.69) is 39.0 Å². The van der Waals surface area contributed by atoms with Gasteiger partial charge in [-0.3, -0.25) is 0 Å².